The number of aromatic nitrogens is 1. The predicted octanol–water partition coefficient (Wildman–Crippen LogP) is 4.75. The Kier molecular flexibility index (Phi) is 6.31. The van der Waals surface area contributed by atoms with Gasteiger partial charge in [-0.3, -0.25) is 4.79 Å². The topological polar surface area (TPSA) is 57.3 Å². The van der Waals surface area contributed by atoms with Crippen molar-refractivity contribution in [3.05, 3.63) is 70.2 Å². The maximum absolute atomic E-state index is 12.6. The van der Waals surface area contributed by atoms with Crippen LogP contribution in [0, 0.1) is 6.92 Å². The van der Waals surface area contributed by atoms with Gasteiger partial charge < -0.3 is 15.5 Å². The van der Waals surface area contributed by atoms with E-state index in [1.165, 1.54) is 16.9 Å². The van der Waals surface area contributed by atoms with Crippen LogP contribution in [0.15, 0.2) is 48.5 Å². The summed E-state index contributed by atoms with van der Waals surface area (Å²) in [6.07, 6.45) is 0.938. The molecule has 2 N–H and O–H groups in total. The van der Waals surface area contributed by atoms with Crippen LogP contribution in [0.4, 0.5) is 16.5 Å². The molecule has 0 aliphatic rings. The van der Waals surface area contributed by atoms with E-state index in [1.807, 2.05) is 68.4 Å². The van der Waals surface area contributed by atoms with Gasteiger partial charge in [0.25, 0.3) is 5.91 Å². The van der Waals surface area contributed by atoms with Crippen LogP contribution in [-0.4, -0.2) is 25.0 Å². The van der Waals surface area contributed by atoms with E-state index in [4.69, 9.17) is 0 Å². The molecular formula is C22H26N4OS. The largest absolute Gasteiger partial charge is 0.378 e. The number of nitrogens with zero attached hydrogens (tertiary/aromatic N) is 2. The van der Waals surface area contributed by atoms with Crippen molar-refractivity contribution in [1.82, 2.24) is 10.3 Å². The van der Waals surface area contributed by atoms with Gasteiger partial charge in [0.2, 0.25) is 0 Å². The molecule has 0 radical (unpaired) electrons. The highest BCUT2D eigenvalue weighted by atomic mass is 32.1. The first kappa shape index (κ1) is 19.9. The summed E-state index contributed by atoms with van der Waals surface area (Å²) < 4.78 is 0. The molecular weight excluding hydrogens is 368 g/mol. The van der Waals surface area contributed by atoms with Crippen LogP contribution in [0.3, 0.4) is 0 Å². The van der Waals surface area contributed by atoms with Gasteiger partial charge in [-0.25, -0.2) is 4.98 Å². The first-order valence-electron chi connectivity index (χ1n) is 9.34. The van der Waals surface area contributed by atoms with E-state index in [0.717, 1.165) is 34.2 Å². The molecule has 2 aromatic carbocycles. The standard InChI is InChI=1S/C22H26N4OS/c1-5-17-8-6-7-9-19(17)25-22-24-15(2)20(28-22)21(27)23-14-16-10-12-18(13-11-16)26(3)4/h6-13H,5,14H2,1-4H3,(H,23,27)(H,24,25). The number of aryl methyl sites for hydroxylation is 2. The number of rotatable bonds is 7. The zero-order valence-corrected chi connectivity index (χ0v) is 17.6. The average Bonchev–Trinajstić information content (AvgIpc) is 3.07. The van der Waals surface area contributed by atoms with Crippen LogP contribution < -0.4 is 15.5 Å². The SMILES string of the molecule is CCc1ccccc1Nc1nc(C)c(C(=O)NCc2ccc(N(C)C)cc2)s1. The fraction of sp³-hybridized carbons (Fsp3) is 0.273. The highest BCUT2D eigenvalue weighted by Crippen LogP contribution is 2.27. The number of amides is 1. The van der Waals surface area contributed by atoms with Crippen molar-refractivity contribution < 1.29 is 4.79 Å². The average molecular weight is 395 g/mol. The molecule has 1 heterocycles. The number of hydrogen-bond donors (Lipinski definition) is 2. The Balaban J connectivity index is 1.66. The number of thiazole rings is 1. The Morgan fingerprint density at radius 3 is 2.50 bits per heavy atom. The quantitative estimate of drug-likeness (QED) is 0.607. The normalized spacial score (nSPS) is 10.6. The number of anilines is 3. The molecule has 3 aromatic rings. The summed E-state index contributed by atoms with van der Waals surface area (Å²) in [5, 5.41) is 7.08. The van der Waals surface area contributed by atoms with E-state index in [0.29, 0.717) is 11.4 Å². The van der Waals surface area contributed by atoms with Crippen LogP contribution >= 0.6 is 11.3 Å². The van der Waals surface area contributed by atoms with Gasteiger partial charge >= 0.3 is 0 Å². The summed E-state index contributed by atoms with van der Waals surface area (Å²) in [7, 11) is 4.02. The molecule has 0 fully saturated rings. The van der Waals surface area contributed by atoms with Crippen LogP contribution in [0.2, 0.25) is 0 Å². The molecule has 3 rings (SSSR count). The Morgan fingerprint density at radius 1 is 1.11 bits per heavy atom. The van der Waals surface area contributed by atoms with Crippen molar-refractivity contribution in [2.24, 2.45) is 0 Å². The van der Waals surface area contributed by atoms with Gasteiger partial charge in [0.05, 0.1) is 5.69 Å². The van der Waals surface area contributed by atoms with Crippen molar-refractivity contribution in [3.63, 3.8) is 0 Å². The Hall–Kier alpha value is -2.86. The lowest BCUT2D eigenvalue weighted by atomic mass is 10.1. The lowest BCUT2D eigenvalue weighted by Crippen LogP contribution is -2.22. The van der Waals surface area contributed by atoms with Gasteiger partial charge in [0.1, 0.15) is 4.88 Å². The molecule has 0 saturated heterocycles. The zero-order valence-electron chi connectivity index (χ0n) is 16.7. The third-order valence-corrected chi connectivity index (χ3v) is 5.62. The van der Waals surface area contributed by atoms with Crippen molar-refractivity contribution in [1.29, 1.82) is 0 Å². The number of carbonyl (C=O) groups excluding carboxylic acids is 1. The van der Waals surface area contributed by atoms with Gasteiger partial charge in [-0.2, -0.15) is 0 Å². The van der Waals surface area contributed by atoms with Crippen molar-refractivity contribution >= 4 is 33.8 Å². The third-order valence-electron chi connectivity index (χ3n) is 4.55. The molecule has 0 bridgehead atoms. The molecule has 146 valence electrons. The van der Waals surface area contributed by atoms with E-state index in [2.05, 4.69) is 28.6 Å². The number of hydrogen-bond acceptors (Lipinski definition) is 5. The summed E-state index contributed by atoms with van der Waals surface area (Å²) in [5.74, 6) is -0.0940. The minimum Gasteiger partial charge on any atom is -0.378 e. The number of para-hydroxylation sites is 1. The molecule has 0 saturated carbocycles. The summed E-state index contributed by atoms with van der Waals surface area (Å²) in [4.78, 5) is 19.8. The lowest BCUT2D eigenvalue weighted by molar-refractivity contribution is 0.0954. The summed E-state index contributed by atoms with van der Waals surface area (Å²) >= 11 is 1.38. The first-order chi connectivity index (χ1) is 13.5. The van der Waals surface area contributed by atoms with Gasteiger partial charge in [0.15, 0.2) is 5.13 Å². The van der Waals surface area contributed by atoms with Crippen LogP contribution in [0.1, 0.15) is 33.4 Å². The van der Waals surface area contributed by atoms with Gasteiger partial charge in [-0.1, -0.05) is 48.6 Å². The van der Waals surface area contributed by atoms with E-state index < -0.39 is 0 Å². The monoisotopic (exact) mass is 394 g/mol. The molecule has 0 aliphatic carbocycles. The zero-order chi connectivity index (χ0) is 20.1. The minimum atomic E-state index is -0.0940. The fourth-order valence-electron chi connectivity index (χ4n) is 2.90. The van der Waals surface area contributed by atoms with Gasteiger partial charge in [-0.05, 0) is 42.7 Å². The van der Waals surface area contributed by atoms with E-state index >= 15 is 0 Å². The molecule has 0 atom stereocenters. The van der Waals surface area contributed by atoms with E-state index in [1.54, 1.807) is 0 Å². The van der Waals surface area contributed by atoms with Gasteiger partial charge in [0, 0.05) is 32.0 Å². The first-order valence-corrected chi connectivity index (χ1v) is 10.2. The maximum Gasteiger partial charge on any atom is 0.263 e. The summed E-state index contributed by atoms with van der Waals surface area (Å²) in [6.45, 7) is 4.48. The van der Waals surface area contributed by atoms with E-state index in [-0.39, 0.29) is 5.91 Å². The molecule has 6 heteroatoms. The van der Waals surface area contributed by atoms with Crippen molar-refractivity contribution in [2.75, 3.05) is 24.3 Å². The summed E-state index contributed by atoms with van der Waals surface area (Å²) in [6, 6.07) is 16.3. The number of carbonyl (C=O) groups is 1. The second-order valence-corrected chi connectivity index (χ2v) is 7.81. The van der Waals surface area contributed by atoms with Crippen LogP contribution in [-0.2, 0) is 13.0 Å². The Morgan fingerprint density at radius 2 is 1.82 bits per heavy atom. The Bertz CT molecular complexity index is 947. The molecule has 0 aliphatic heterocycles. The minimum absolute atomic E-state index is 0.0940. The molecule has 0 spiro atoms. The molecule has 1 aromatic heterocycles. The number of nitrogens with one attached hydrogen (secondary N) is 2. The van der Waals surface area contributed by atoms with Crippen LogP contribution in [0.25, 0.3) is 0 Å². The number of benzene rings is 2. The Labute approximate surface area is 170 Å². The van der Waals surface area contributed by atoms with E-state index in [9.17, 15) is 4.79 Å². The molecule has 28 heavy (non-hydrogen) atoms. The molecule has 1 amide bonds. The maximum atomic E-state index is 12.6. The highest BCUT2D eigenvalue weighted by molar-refractivity contribution is 7.17. The molecule has 5 nitrogen and oxygen atoms in total. The fourth-order valence-corrected chi connectivity index (χ4v) is 3.80. The highest BCUT2D eigenvalue weighted by Gasteiger charge is 2.16. The lowest BCUT2D eigenvalue weighted by Gasteiger charge is -2.12. The van der Waals surface area contributed by atoms with Crippen molar-refractivity contribution in [2.45, 2.75) is 26.8 Å². The second-order valence-electron chi connectivity index (χ2n) is 6.81. The van der Waals surface area contributed by atoms with Crippen molar-refractivity contribution in [3.8, 4) is 0 Å². The molecule has 0 unspecified atom stereocenters. The predicted molar refractivity (Wildman–Crippen MR) is 118 cm³/mol. The third kappa shape index (κ3) is 4.70. The van der Waals surface area contributed by atoms with Gasteiger partial charge in [-0.15, -0.1) is 0 Å². The smallest absolute Gasteiger partial charge is 0.263 e. The summed E-state index contributed by atoms with van der Waals surface area (Å²) in [5.41, 5.74) is 5.20. The second kappa shape index (κ2) is 8.89. The van der Waals surface area contributed by atoms with Crippen LogP contribution in [0.5, 0.6) is 0 Å².